The third kappa shape index (κ3) is 8.58. The van der Waals surface area contributed by atoms with E-state index in [-0.39, 0.29) is 50.0 Å². The van der Waals surface area contributed by atoms with Crippen LogP contribution in [0.25, 0.3) is 0 Å². The van der Waals surface area contributed by atoms with Crippen molar-refractivity contribution in [3.63, 3.8) is 0 Å². The maximum absolute atomic E-state index is 13.6. The van der Waals surface area contributed by atoms with Gasteiger partial charge in [-0.15, -0.1) is 0 Å². The fourth-order valence-electron chi connectivity index (χ4n) is 5.87. The van der Waals surface area contributed by atoms with Gasteiger partial charge in [0.05, 0.1) is 12.0 Å². The second-order valence-corrected chi connectivity index (χ2v) is 11.8. The highest BCUT2D eigenvalue weighted by Gasteiger charge is 2.38. The van der Waals surface area contributed by atoms with E-state index >= 15 is 0 Å². The number of primary amides is 1. The molecule has 1 aliphatic carbocycles. The summed E-state index contributed by atoms with van der Waals surface area (Å²) in [5.41, 5.74) is 14.7. The molecule has 5 N–H and O–H groups in total. The molecule has 0 spiro atoms. The Balaban J connectivity index is 1.29. The number of halogens is 2. The van der Waals surface area contributed by atoms with Gasteiger partial charge in [0.15, 0.2) is 0 Å². The van der Waals surface area contributed by atoms with Gasteiger partial charge in [0.1, 0.15) is 0 Å². The molecule has 1 saturated heterocycles. The Bertz CT molecular complexity index is 1190. The number of alkyl halides is 2. The van der Waals surface area contributed by atoms with Crippen LogP contribution in [0.5, 0.6) is 0 Å². The third-order valence-electron chi connectivity index (χ3n) is 8.82. The fourth-order valence-corrected chi connectivity index (χ4v) is 5.87. The summed E-state index contributed by atoms with van der Waals surface area (Å²) in [6, 6.07) is 16.9. The molecule has 8 nitrogen and oxygen atoms in total. The molecule has 2 aromatic carbocycles. The van der Waals surface area contributed by atoms with Crippen LogP contribution in [0.1, 0.15) is 49.3 Å². The van der Waals surface area contributed by atoms with Crippen LogP contribution in [0.2, 0.25) is 0 Å². The number of hydrogen-bond acceptors (Lipinski definition) is 5. The molecule has 3 amide bonds. The van der Waals surface area contributed by atoms with Gasteiger partial charge in [0.25, 0.3) is 0 Å². The molecule has 10 heteroatoms. The van der Waals surface area contributed by atoms with Gasteiger partial charge in [0.2, 0.25) is 23.6 Å². The van der Waals surface area contributed by atoms with Crippen LogP contribution in [0.3, 0.4) is 0 Å². The van der Waals surface area contributed by atoms with Crippen molar-refractivity contribution >= 4 is 17.7 Å². The Hall–Kier alpha value is -3.37. The number of hydrogen-bond donors (Lipinski definition) is 3. The second-order valence-electron chi connectivity index (χ2n) is 11.8. The van der Waals surface area contributed by atoms with Crippen molar-refractivity contribution in [2.45, 2.75) is 64.1 Å². The molecule has 228 valence electrons. The Morgan fingerprint density at radius 2 is 1.52 bits per heavy atom. The van der Waals surface area contributed by atoms with Gasteiger partial charge in [-0.2, -0.15) is 0 Å². The third-order valence-corrected chi connectivity index (χ3v) is 8.82. The van der Waals surface area contributed by atoms with Crippen LogP contribution in [0.4, 0.5) is 8.78 Å². The number of carbonyl (C=O) groups excluding carboxylic acids is 3. The van der Waals surface area contributed by atoms with Gasteiger partial charge >= 0.3 is 0 Å². The molecular weight excluding hydrogens is 540 g/mol. The summed E-state index contributed by atoms with van der Waals surface area (Å²) < 4.78 is 26.9. The average Bonchev–Trinajstić information content (AvgIpc) is 2.99. The molecule has 1 unspecified atom stereocenters. The Kier molecular flexibility index (Phi) is 10.7. The van der Waals surface area contributed by atoms with Crippen molar-refractivity contribution in [1.82, 2.24) is 15.1 Å². The number of nitrogens with zero attached hydrogens (tertiary/aromatic N) is 2. The predicted molar refractivity (Wildman–Crippen MR) is 157 cm³/mol. The van der Waals surface area contributed by atoms with Crippen molar-refractivity contribution in [3.8, 4) is 0 Å². The molecule has 0 aromatic heterocycles. The van der Waals surface area contributed by atoms with E-state index < -0.39 is 29.7 Å². The zero-order valence-corrected chi connectivity index (χ0v) is 24.3. The predicted octanol–water partition coefficient (Wildman–Crippen LogP) is 3.08. The number of benzene rings is 2. The first kappa shape index (κ1) is 31.6. The molecule has 42 heavy (non-hydrogen) atoms. The first-order valence-electron chi connectivity index (χ1n) is 14.9. The molecule has 1 heterocycles. The quantitative estimate of drug-likeness (QED) is 0.376. The van der Waals surface area contributed by atoms with Crippen molar-refractivity contribution < 1.29 is 23.2 Å². The zero-order valence-electron chi connectivity index (χ0n) is 24.3. The lowest BCUT2D eigenvalue weighted by atomic mass is 9.82. The molecular formula is C32H43F2N5O3. The number of piperazine rings is 1. The number of amides is 3. The summed E-state index contributed by atoms with van der Waals surface area (Å²) in [6.45, 7) is 5.50. The van der Waals surface area contributed by atoms with E-state index in [1.54, 1.807) is 6.92 Å². The summed E-state index contributed by atoms with van der Waals surface area (Å²) >= 11 is 0. The van der Waals surface area contributed by atoms with Crippen molar-refractivity contribution in [1.29, 1.82) is 0 Å². The number of carbonyl (C=O) groups is 3. The van der Waals surface area contributed by atoms with Crippen molar-refractivity contribution in [3.05, 3.63) is 71.3 Å². The average molecular weight is 584 g/mol. The van der Waals surface area contributed by atoms with Crippen molar-refractivity contribution in [2.75, 3.05) is 26.2 Å². The summed E-state index contributed by atoms with van der Waals surface area (Å²) in [5, 5.41) is 2.81. The molecule has 1 aliphatic heterocycles. The molecule has 0 radical (unpaired) electrons. The maximum Gasteiger partial charge on any atom is 0.248 e. The minimum absolute atomic E-state index is 0.0635. The first-order chi connectivity index (χ1) is 20.0. The lowest BCUT2D eigenvalue weighted by molar-refractivity contribution is -0.142. The highest BCUT2D eigenvalue weighted by Crippen LogP contribution is 2.37. The second kappa shape index (κ2) is 14.2. The molecule has 2 aromatic rings. The van der Waals surface area contributed by atoms with E-state index in [1.165, 1.54) is 5.56 Å². The lowest BCUT2D eigenvalue weighted by Gasteiger charge is -2.37. The maximum atomic E-state index is 13.6. The van der Waals surface area contributed by atoms with Gasteiger partial charge < -0.3 is 21.7 Å². The Morgan fingerprint density at radius 3 is 2.12 bits per heavy atom. The van der Waals surface area contributed by atoms with E-state index in [1.807, 2.05) is 47.4 Å². The van der Waals surface area contributed by atoms with E-state index in [9.17, 15) is 23.2 Å². The van der Waals surface area contributed by atoms with E-state index in [0.717, 1.165) is 30.8 Å². The molecule has 0 bridgehead atoms. The highest BCUT2D eigenvalue weighted by atomic mass is 19.3. The van der Waals surface area contributed by atoms with Crippen molar-refractivity contribution in [2.24, 2.45) is 29.2 Å². The standard InChI is InChI=1S/C32H43F2N5O3/c1-22(29(36)40)27(31(42)39-17-15-38(16-18-39)21-25-5-3-2-4-6-25)19-23-7-9-24(10-8-23)20-37-30(41)28(35)26-11-13-32(33,34)14-12-26/h2-10,22,26-28H,11-21,35H2,1H3,(H2,36,40)(H,37,41)/t22?,27-,28+/m1/s1. The topological polar surface area (TPSA) is 122 Å². The van der Waals surface area contributed by atoms with Crippen LogP contribution >= 0.6 is 0 Å². The van der Waals surface area contributed by atoms with Crippen LogP contribution in [0, 0.1) is 17.8 Å². The Morgan fingerprint density at radius 1 is 0.929 bits per heavy atom. The van der Waals surface area contributed by atoms with Gasteiger partial charge in [-0.25, -0.2) is 8.78 Å². The molecule has 3 atom stereocenters. The molecule has 2 aliphatic rings. The minimum atomic E-state index is -2.66. The van der Waals surface area contributed by atoms with Crippen LogP contribution < -0.4 is 16.8 Å². The van der Waals surface area contributed by atoms with E-state index in [2.05, 4.69) is 22.3 Å². The Labute approximate surface area is 246 Å². The van der Waals surface area contributed by atoms with Gasteiger partial charge in [-0.05, 0) is 41.9 Å². The van der Waals surface area contributed by atoms with Crippen LogP contribution in [-0.2, 0) is 33.9 Å². The van der Waals surface area contributed by atoms with E-state index in [4.69, 9.17) is 11.5 Å². The molecule has 2 fully saturated rings. The van der Waals surface area contributed by atoms with Gasteiger partial charge in [-0.1, -0.05) is 61.5 Å². The molecule has 1 saturated carbocycles. The van der Waals surface area contributed by atoms with Gasteiger partial charge in [-0.3, -0.25) is 19.3 Å². The minimum Gasteiger partial charge on any atom is -0.369 e. The number of nitrogens with one attached hydrogen (secondary N) is 1. The van der Waals surface area contributed by atoms with E-state index in [0.29, 0.717) is 19.5 Å². The van der Waals surface area contributed by atoms with Crippen LogP contribution in [0.15, 0.2) is 54.6 Å². The highest BCUT2D eigenvalue weighted by molar-refractivity contribution is 5.87. The summed E-state index contributed by atoms with van der Waals surface area (Å²) in [7, 11) is 0. The SMILES string of the molecule is CC(C(N)=O)[C@@H](Cc1ccc(CNC(=O)[C@@H](N)C2CCC(F)(F)CC2)cc1)C(=O)N1CCN(Cc2ccccc2)CC1. The van der Waals surface area contributed by atoms with Crippen LogP contribution in [-0.4, -0.2) is 65.7 Å². The zero-order chi connectivity index (χ0) is 30.3. The number of rotatable bonds is 11. The lowest BCUT2D eigenvalue weighted by Crippen LogP contribution is -2.51. The normalized spacial score (nSPS) is 20.0. The summed E-state index contributed by atoms with van der Waals surface area (Å²) in [4.78, 5) is 42.4. The molecule has 4 rings (SSSR count). The number of nitrogens with two attached hydrogens (primary N) is 2. The summed E-state index contributed by atoms with van der Waals surface area (Å²) in [5.74, 6) is -5.03. The first-order valence-corrected chi connectivity index (χ1v) is 14.9. The monoisotopic (exact) mass is 583 g/mol. The fraction of sp³-hybridized carbons (Fsp3) is 0.531. The smallest absolute Gasteiger partial charge is 0.248 e. The summed E-state index contributed by atoms with van der Waals surface area (Å²) in [6.07, 6.45) is 0.383. The van der Waals surface area contributed by atoms with Gasteiger partial charge in [0, 0.05) is 58.0 Å². The largest absolute Gasteiger partial charge is 0.369 e.